The number of aromatic nitrogens is 2. The summed E-state index contributed by atoms with van der Waals surface area (Å²) in [7, 11) is 0. The first-order chi connectivity index (χ1) is 13.5. The molecule has 0 radical (unpaired) electrons. The van der Waals surface area contributed by atoms with Gasteiger partial charge in [-0.1, -0.05) is 36.1 Å². The summed E-state index contributed by atoms with van der Waals surface area (Å²) in [6.07, 6.45) is 7.68. The van der Waals surface area contributed by atoms with Gasteiger partial charge in [0.15, 0.2) is 0 Å². The van der Waals surface area contributed by atoms with Crippen molar-refractivity contribution < 1.29 is 14.0 Å². The first kappa shape index (κ1) is 20.2. The first-order valence-corrected chi connectivity index (χ1v) is 9.94. The Labute approximate surface area is 171 Å². The lowest BCUT2D eigenvalue weighted by Crippen LogP contribution is -2.47. The van der Waals surface area contributed by atoms with E-state index in [0.29, 0.717) is 21.3 Å². The highest BCUT2D eigenvalue weighted by Crippen LogP contribution is 2.34. The fourth-order valence-electron chi connectivity index (χ4n) is 2.68. The van der Waals surface area contributed by atoms with Crippen molar-refractivity contribution in [1.29, 1.82) is 0 Å². The van der Waals surface area contributed by atoms with Crippen LogP contribution in [-0.4, -0.2) is 43.2 Å². The number of nitrogens with one attached hydrogen (secondary N) is 1. The van der Waals surface area contributed by atoms with Gasteiger partial charge in [0.2, 0.25) is 5.91 Å². The van der Waals surface area contributed by atoms with Crippen molar-refractivity contribution >= 4 is 46.2 Å². The van der Waals surface area contributed by atoms with Crippen molar-refractivity contribution in [2.45, 2.75) is 25.9 Å². The zero-order valence-corrected chi connectivity index (χ0v) is 16.8. The number of imidazole rings is 1. The summed E-state index contributed by atoms with van der Waals surface area (Å²) in [5.41, 5.74) is 0.693. The van der Waals surface area contributed by atoms with Gasteiger partial charge in [-0.25, -0.2) is 9.37 Å². The molecule has 0 bridgehead atoms. The SMILES string of the molecule is C[C@H](C(=O)NCCCn1ccnc1)N1C(=O)/C(=C\c2ccc(F)cc2)SC1=S. The van der Waals surface area contributed by atoms with Crippen LogP contribution < -0.4 is 5.32 Å². The maximum atomic E-state index is 13.0. The zero-order valence-electron chi connectivity index (χ0n) is 15.2. The first-order valence-electron chi connectivity index (χ1n) is 8.72. The molecule has 1 N–H and O–H groups in total. The van der Waals surface area contributed by atoms with Gasteiger partial charge in [0.05, 0.1) is 11.2 Å². The Bertz CT molecular complexity index is 897. The molecule has 1 atom stereocenters. The Morgan fingerprint density at radius 3 is 2.82 bits per heavy atom. The Morgan fingerprint density at radius 2 is 2.14 bits per heavy atom. The average Bonchev–Trinajstić information content (AvgIpc) is 3.28. The van der Waals surface area contributed by atoms with Crippen LogP contribution in [0.3, 0.4) is 0 Å². The summed E-state index contributed by atoms with van der Waals surface area (Å²) >= 11 is 6.43. The number of aryl methyl sites for hydroxylation is 1. The Kier molecular flexibility index (Phi) is 6.58. The molecule has 1 aliphatic rings. The molecule has 2 aromatic rings. The molecule has 9 heteroatoms. The minimum Gasteiger partial charge on any atom is -0.354 e. The monoisotopic (exact) mass is 418 g/mol. The summed E-state index contributed by atoms with van der Waals surface area (Å²) in [5.74, 6) is -0.923. The van der Waals surface area contributed by atoms with E-state index in [2.05, 4.69) is 10.3 Å². The van der Waals surface area contributed by atoms with Crippen molar-refractivity contribution in [3.63, 3.8) is 0 Å². The van der Waals surface area contributed by atoms with E-state index in [4.69, 9.17) is 12.2 Å². The summed E-state index contributed by atoms with van der Waals surface area (Å²) < 4.78 is 15.3. The molecule has 0 spiro atoms. The number of thiocarbonyl (C=S) groups is 1. The van der Waals surface area contributed by atoms with Gasteiger partial charge in [-0.05, 0) is 37.1 Å². The molecule has 0 unspecified atom stereocenters. The highest BCUT2D eigenvalue weighted by Gasteiger charge is 2.38. The predicted molar refractivity (Wildman–Crippen MR) is 111 cm³/mol. The van der Waals surface area contributed by atoms with Crippen LogP contribution in [0.25, 0.3) is 6.08 Å². The van der Waals surface area contributed by atoms with Crippen LogP contribution in [0.15, 0.2) is 47.9 Å². The average molecular weight is 419 g/mol. The summed E-state index contributed by atoms with van der Waals surface area (Å²) in [5, 5.41) is 2.84. The number of carbonyl (C=O) groups excluding carboxylic acids is 2. The number of carbonyl (C=O) groups is 2. The molecule has 1 aromatic heterocycles. The second kappa shape index (κ2) is 9.11. The van der Waals surface area contributed by atoms with E-state index in [9.17, 15) is 14.0 Å². The number of rotatable bonds is 7. The Hall–Kier alpha value is -2.52. The van der Waals surface area contributed by atoms with Crippen molar-refractivity contribution in [2.75, 3.05) is 6.54 Å². The van der Waals surface area contributed by atoms with E-state index < -0.39 is 6.04 Å². The third-order valence-corrected chi connectivity index (χ3v) is 5.54. The van der Waals surface area contributed by atoms with Crippen LogP contribution in [0.4, 0.5) is 4.39 Å². The van der Waals surface area contributed by atoms with Crippen molar-refractivity contribution in [2.24, 2.45) is 0 Å². The van der Waals surface area contributed by atoms with Gasteiger partial charge in [-0.3, -0.25) is 14.5 Å². The van der Waals surface area contributed by atoms with Gasteiger partial charge in [0, 0.05) is 25.5 Å². The van der Waals surface area contributed by atoms with E-state index in [1.807, 2.05) is 10.8 Å². The lowest BCUT2D eigenvalue weighted by atomic mass is 10.2. The highest BCUT2D eigenvalue weighted by molar-refractivity contribution is 8.26. The van der Waals surface area contributed by atoms with Crippen LogP contribution >= 0.6 is 24.0 Å². The van der Waals surface area contributed by atoms with Gasteiger partial charge in [0.1, 0.15) is 16.2 Å². The molecular formula is C19H19FN4O2S2. The third kappa shape index (κ3) is 4.85. The summed E-state index contributed by atoms with van der Waals surface area (Å²) in [6, 6.07) is 5.11. The van der Waals surface area contributed by atoms with Crippen molar-refractivity contribution in [3.05, 3.63) is 59.3 Å². The van der Waals surface area contributed by atoms with Crippen molar-refractivity contribution in [1.82, 2.24) is 19.8 Å². The number of amides is 2. The quantitative estimate of drug-likeness (QED) is 0.426. The van der Waals surface area contributed by atoms with Gasteiger partial charge in [-0.15, -0.1) is 0 Å². The largest absolute Gasteiger partial charge is 0.354 e. The normalized spacial score (nSPS) is 16.6. The minimum absolute atomic E-state index is 0.259. The van der Waals surface area contributed by atoms with E-state index in [0.717, 1.165) is 24.7 Å². The van der Waals surface area contributed by atoms with Gasteiger partial charge in [0.25, 0.3) is 5.91 Å². The second-order valence-electron chi connectivity index (χ2n) is 6.22. The lowest BCUT2D eigenvalue weighted by molar-refractivity contribution is -0.132. The molecule has 1 aliphatic heterocycles. The number of thioether (sulfide) groups is 1. The molecule has 1 fully saturated rings. The molecule has 2 amide bonds. The number of benzene rings is 1. The molecule has 2 heterocycles. The Balaban J connectivity index is 1.57. The predicted octanol–water partition coefficient (Wildman–Crippen LogP) is 2.82. The number of hydrogen-bond donors (Lipinski definition) is 1. The van der Waals surface area contributed by atoms with Gasteiger partial charge < -0.3 is 9.88 Å². The maximum absolute atomic E-state index is 13.0. The topological polar surface area (TPSA) is 67.2 Å². The van der Waals surface area contributed by atoms with Crippen LogP contribution in [-0.2, 0) is 16.1 Å². The molecule has 0 saturated carbocycles. The summed E-state index contributed by atoms with van der Waals surface area (Å²) in [6.45, 7) is 2.88. The Morgan fingerprint density at radius 1 is 1.39 bits per heavy atom. The standard InChI is InChI=1S/C19H19FN4O2S2/c1-13(17(25)22-7-2-9-23-10-8-21-12-23)24-18(26)16(28-19(24)27)11-14-3-5-15(20)6-4-14/h3-6,8,10-13H,2,7,9H2,1H3,(H,22,25)/b16-11+/t13-/m1/s1. The van der Waals surface area contributed by atoms with Crippen LogP contribution in [0.2, 0.25) is 0 Å². The van der Waals surface area contributed by atoms with Gasteiger partial charge in [-0.2, -0.15) is 0 Å². The van der Waals surface area contributed by atoms with Crippen LogP contribution in [0.1, 0.15) is 18.9 Å². The minimum atomic E-state index is -0.708. The van der Waals surface area contributed by atoms with Gasteiger partial charge >= 0.3 is 0 Å². The van der Waals surface area contributed by atoms with E-state index >= 15 is 0 Å². The molecule has 28 heavy (non-hydrogen) atoms. The number of halogens is 1. The van der Waals surface area contributed by atoms with E-state index in [1.165, 1.54) is 17.0 Å². The lowest BCUT2D eigenvalue weighted by Gasteiger charge is -2.22. The molecule has 6 nitrogen and oxygen atoms in total. The van der Waals surface area contributed by atoms with Crippen molar-refractivity contribution in [3.8, 4) is 0 Å². The smallest absolute Gasteiger partial charge is 0.266 e. The fourth-order valence-corrected chi connectivity index (χ4v) is 4.10. The maximum Gasteiger partial charge on any atom is 0.266 e. The van der Waals surface area contributed by atoms with E-state index in [1.54, 1.807) is 37.7 Å². The third-order valence-electron chi connectivity index (χ3n) is 4.21. The van der Waals surface area contributed by atoms with Crippen LogP contribution in [0.5, 0.6) is 0 Å². The fraction of sp³-hybridized carbons (Fsp3) is 0.263. The molecule has 3 rings (SSSR count). The molecule has 146 valence electrons. The second-order valence-corrected chi connectivity index (χ2v) is 7.90. The zero-order chi connectivity index (χ0) is 20.1. The van der Waals surface area contributed by atoms with E-state index in [-0.39, 0.29) is 17.6 Å². The number of hydrogen-bond acceptors (Lipinski definition) is 5. The summed E-state index contributed by atoms with van der Waals surface area (Å²) in [4.78, 5) is 30.8. The molecule has 1 saturated heterocycles. The number of nitrogens with zero attached hydrogens (tertiary/aromatic N) is 3. The van der Waals surface area contributed by atoms with Crippen LogP contribution in [0, 0.1) is 5.82 Å². The molecule has 1 aromatic carbocycles. The highest BCUT2D eigenvalue weighted by atomic mass is 32.2. The molecular weight excluding hydrogens is 399 g/mol. The molecule has 0 aliphatic carbocycles.